The van der Waals surface area contributed by atoms with E-state index in [1.807, 2.05) is 48.5 Å². The molecule has 0 spiro atoms. The Labute approximate surface area is 176 Å². The van der Waals surface area contributed by atoms with Gasteiger partial charge in [-0.2, -0.15) is 5.26 Å². The molecule has 2 saturated heterocycles. The summed E-state index contributed by atoms with van der Waals surface area (Å²) in [5.74, 6) is 0.434. The van der Waals surface area contributed by atoms with Crippen molar-refractivity contribution < 1.29 is 19.4 Å². The second-order valence-corrected chi connectivity index (χ2v) is 7.80. The Morgan fingerprint density at radius 3 is 2.53 bits per heavy atom. The van der Waals surface area contributed by atoms with E-state index >= 15 is 0 Å². The Morgan fingerprint density at radius 2 is 1.90 bits per heavy atom. The monoisotopic (exact) mass is 406 g/mol. The molecule has 2 aliphatic rings. The van der Waals surface area contributed by atoms with Crippen molar-refractivity contribution in [1.29, 1.82) is 5.26 Å². The van der Waals surface area contributed by atoms with Crippen LogP contribution in [0.4, 0.5) is 0 Å². The predicted octanol–water partition coefficient (Wildman–Crippen LogP) is 2.97. The highest BCUT2D eigenvalue weighted by molar-refractivity contribution is 5.82. The number of ether oxygens (including phenoxy) is 2. The molecule has 2 aliphatic heterocycles. The molecule has 0 radical (unpaired) electrons. The number of hydrogen-bond acceptors (Lipinski definition) is 5. The number of methoxy groups -OCH3 is 1. The quantitative estimate of drug-likeness (QED) is 0.825. The van der Waals surface area contributed by atoms with E-state index in [4.69, 9.17) is 9.47 Å². The van der Waals surface area contributed by atoms with Crippen LogP contribution in [0.2, 0.25) is 0 Å². The normalized spacial score (nSPS) is 24.0. The van der Waals surface area contributed by atoms with Gasteiger partial charge in [0.05, 0.1) is 25.8 Å². The number of rotatable bonds is 5. The Balaban J connectivity index is 1.56. The van der Waals surface area contributed by atoms with Gasteiger partial charge in [-0.3, -0.25) is 4.79 Å². The van der Waals surface area contributed by atoms with Crippen molar-refractivity contribution in [2.75, 3.05) is 26.9 Å². The van der Waals surface area contributed by atoms with Gasteiger partial charge in [-0.15, -0.1) is 0 Å². The molecule has 0 aliphatic carbocycles. The Hall–Kier alpha value is -2.88. The third kappa shape index (κ3) is 3.55. The molecule has 3 atom stereocenters. The number of hydrogen-bond donors (Lipinski definition) is 1. The van der Waals surface area contributed by atoms with Crippen LogP contribution in [0.3, 0.4) is 0 Å². The summed E-state index contributed by atoms with van der Waals surface area (Å²) >= 11 is 0. The lowest BCUT2D eigenvalue weighted by Crippen LogP contribution is -2.66. The molecule has 0 bridgehead atoms. The minimum atomic E-state index is -0.561. The van der Waals surface area contributed by atoms with Gasteiger partial charge in [0.25, 0.3) is 0 Å². The first-order valence-corrected chi connectivity index (χ1v) is 10.3. The SMILES string of the molecule is COc1ccccc1-c1ccc([C@H]2[C@@H](CO)N(C(=O)C3CCOCC3)[C@H]2C#N)cc1. The third-order valence-corrected chi connectivity index (χ3v) is 6.27. The summed E-state index contributed by atoms with van der Waals surface area (Å²) < 4.78 is 10.8. The second kappa shape index (κ2) is 8.86. The number of benzene rings is 2. The van der Waals surface area contributed by atoms with Crippen LogP contribution >= 0.6 is 0 Å². The molecule has 2 aromatic rings. The maximum absolute atomic E-state index is 13.0. The van der Waals surface area contributed by atoms with Gasteiger partial charge in [0, 0.05) is 30.6 Å². The number of nitriles is 1. The summed E-state index contributed by atoms with van der Waals surface area (Å²) in [5.41, 5.74) is 2.96. The van der Waals surface area contributed by atoms with E-state index in [-0.39, 0.29) is 30.4 Å². The zero-order valence-corrected chi connectivity index (χ0v) is 17.0. The van der Waals surface area contributed by atoms with Crippen molar-refractivity contribution in [1.82, 2.24) is 4.90 Å². The van der Waals surface area contributed by atoms with E-state index in [1.54, 1.807) is 12.0 Å². The van der Waals surface area contributed by atoms with Crippen LogP contribution in [0.15, 0.2) is 48.5 Å². The van der Waals surface area contributed by atoms with Gasteiger partial charge >= 0.3 is 0 Å². The van der Waals surface area contributed by atoms with Crippen molar-refractivity contribution in [2.45, 2.75) is 30.8 Å². The highest BCUT2D eigenvalue weighted by atomic mass is 16.5. The van der Waals surface area contributed by atoms with Crippen molar-refractivity contribution in [3.05, 3.63) is 54.1 Å². The Morgan fingerprint density at radius 1 is 1.20 bits per heavy atom. The van der Waals surface area contributed by atoms with E-state index < -0.39 is 6.04 Å². The van der Waals surface area contributed by atoms with E-state index in [1.165, 1.54) is 0 Å². The zero-order chi connectivity index (χ0) is 21.1. The summed E-state index contributed by atoms with van der Waals surface area (Å²) in [7, 11) is 1.65. The van der Waals surface area contributed by atoms with Crippen LogP contribution in [0, 0.1) is 17.2 Å². The lowest BCUT2D eigenvalue weighted by atomic mass is 9.74. The molecule has 0 saturated carbocycles. The topological polar surface area (TPSA) is 82.8 Å². The summed E-state index contributed by atoms with van der Waals surface area (Å²) in [6.07, 6.45) is 1.34. The Bertz CT molecular complexity index is 931. The molecular weight excluding hydrogens is 380 g/mol. The minimum Gasteiger partial charge on any atom is -0.496 e. The van der Waals surface area contributed by atoms with E-state index in [0.29, 0.717) is 26.1 Å². The van der Waals surface area contributed by atoms with Crippen LogP contribution in [-0.2, 0) is 9.53 Å². The van der Waals surface area contributed by atoms with E-state index in [0.717, 1.165) is 22.4 Å². The maximum Gasteiger partial charge on any atom is 0.227 e. The van der Waals surface area contributed by atoms with Gasteiger partial charge in [0.15, 0.2) is 0 Å². The van der Waals surface area contributed by atoms with Crippen molar-refractivity contribution in [3.63, 3.8) is 0 Å². The van der Waals surface area contributed by atoms with Crippen molar-refractivity contribution >= 4 is 5.91 Å². The van der Waals surface area contributed by atoms with Gasteiger partial charge in [-0.05, 0) is 30.0 Å². The number of nitrogens with zero attached hydrogens (tertiary/aromatic N) is 2. The van der Waals surface area contributed by atoms with Crippen molar-refractivity contribution in [3.8, 4) is 22.9 Å². The first kappa shape index (κ1) is 20.4. The predicted molar refractivity (Wildman–Crippen MR) is 112 cm³/mol. The van der Waals surface area contributed by atoms with Crippen LogP contribution < -0.4 is 4.74 Å². The highest BCUT2D eigenvalue weighted by Crippen LogP contribution is 2.42. The molecule has 1 N–H and O–H groups in total. The number of carbonyl (C=O) groups excluding carboxylic acids is 1. The molecule has 0 unspecified atom stereocenters. The first-order valence-electron chi connectivity index (χ1n) is 10.3. The summed E-state index contributed by atoms with van der Waals surface area (Å²) in [6.45, 7) is 0.976. The van der Waals surface area contributed by atoms with Gasteiger partial charge in [-0.25, -0.2) is 0 Å². The molecule has 30 heavy (non-hydrogen) atoms. The van der Waals surface area contributed by atoms with Crippen molar-refractivity contribution in [2.24, 2.45) is 5.92 Å². The van der Waals surface area contributed by atoms with Gasteiger partial charge < -0.3 is 19.5 Å². The van der Waals surface area contributed by atoms with Crippen LogP contribution in [0.1, 0.15) is 24.3 Å². The average Bonchev–Trinajstić information content (AvgIpc) is 2.80. The molecule has 1 amide bonds. The molecule has 2 heterocycles. The third-order valence-electron chi connectivity index (χ3n) is 6.27. The number of aliphatic hydroxyl groups excluding tert-OH is 1. The fraction of sp³-hybridized carbons (Fsp3) is 0.417. The number of amides is 1. The molecule has 0 aromatic heterocycles. The summed E-state index contributed by atoms with van der Waals surface area (Å²) in [5, 5.41) is 19.8. The van der Waals surface area contributed by atoms with Crippen LogP contribution in [0.5, 0.6) is 5.75 Å². The van der Waals surface area contributed by atoms with Gasteiger partial charge in [0.1, 0.15) is 11.8 Å². The summed E-state index contributed by atoms with van der Waals surface area (Å²) in [6, 6.07) is 17.1. The molecular formula is C24H26N2O4. The molecule has 156 valence electrons. The Kier molecular flexibility index (Phi) is 6.03. The van der Waals surface area contributed by atoms with Crippen LogP contribution in [-0.4, -0.2) is 54.9 Å². The average molecular weight is 406 g/mol. The maximum atomic E-state index is 13.0. The minimum absolute atomic E-state index is 0.0363. The fourth-order valence-corrected chi connectivity index (χ4v) is 4.63. The van der Waals surface area contributed by atoms with Gasteiger partial charge in [-0.1, -0.05) is 42.5 Å². The zero-order valence-electron chi connectivity index (χ0n) is 17.0. The lowest BCUT2D eigenvalue weighted by Gasteiger charge is -2.52. The molecule has 6 nitrogen and oxygen atoms in total. The largest absolute Gasteiger partial charge is 0.496 e. The molecule has 2 aromatic carbocycles. The molecule has 4 rings (SSSR count). The first-order chi connectivity index (χ1) is 14.7. The number of para-hydroxylation sites is 1. The number of carbonyl (C=O) groups is 1. The fourth-order valence-electron chi connectivity index (χ4n) is 4.63. The van der Waals surface area contributed by atoms with E-state index in [2.05, 4.69) is 6.07 Å². The standard InChI is InChI=1S/C24H26N2O4/c1-29-22-5-3-2-4-19(22)16-6-8-17(9-7-16)23-20(14-25)26(21(23)15-27)24(28)18-10-12-30-13-11-18/h2-9,18,20-21,23,27H,10-13,15H2,1H3/t20-,21+,23+/m0/s1. The highest BCUT2D eigenvalue weighted by Gasteiger charge is 2.52. The summed E-state index contributed by atoms with van der Waals surface area (Å²) in [4.78, 5) is 14.6. The lowest BCUT2D eigenvalue weighted by molar-refractivity contribution is -0.154. The molecule has 6 heteroatoms. The molecule has 2 fully saturated rings. The second-order valence-electron chi connectivity index (χ2n) is 7.80. The van der Waals surface area contributed by atoms with E-state index in [9.17, 15) is 15.2 Å². The van der Waals surface area contributed by atoms with Gasteiger partial charge in [0.2, 0.25) is 5.91 Å². The number of likely N-dealkylation sites (tertiary alicyclic amines) is 1. The smallest absolute Gasteiger partial charge is 0.227 e. The van der Waals surface area contributed by atoms with Crippen LogP contribution in [0.25, 0.3) is 11.1 Å². The number of aliphatic hydroxyl groups is 1.